The summed E-state index contributed by atoms with van der Waals surface area (Å²) in [4.78, 5) is 28.1. The number of hydrogen-bond acceptors (Lipinski definition) is 4. The number of carbonyl (C=O) groups is 2. The number of halogens is 1. The third-order valence-electron chi connectivity index (χ3n) is 2.84. The highest BCUT2D eigenvalue weighted by Crippen LogP contribution is 2.22. The van der Waals surface area contributed by atoms with Crippen molar-refractivity contribution in [1.29, 1.82) is 0 Å². The zero-order valence-electron chi connectivity index (χ0n) is 12.7. The predicted octanol–water partition coefficient (Wildman–Crippen LogP) is 1.82. The van der Waals surface area contributed by atoms with Crippen molar-refractivity contribution in [2.24, 2.45) is 0 Å². The fraction of sp³-hybridized carbons (Fsp3) is 0.571. The minimum absolute atomic E-state index is 0.0770. The maximum Gasteiger partial charge on any atom is 0.239 e. The van der Waals surface area contributed by atoms with Crippen LogP contribution in [0.15, 0.2) is 12.1 Å². The van der Waals surface area contributed by atoms with Crippen molar-refractivity contribution in [3.05, 3.63) is 21.3 Å². The van der Waals surface area contributed by atoms with Gasteiger partial charge in [-0.1, -0.05) is 18.5 Å². The molecule has 1 rings (SSSR count). The lowest BCUT2D eigenvalue weighted by Gasteiger charge is -2.21. The van der Waals surface area contributed by atoms with E-state index in [0.717, 1.165) is 15.6 Å². The average molecular weight is 332 g/mol. The molecule has 0 aliphatic rings. The minimum atomic E-state index is -0.125. The van der Waals surface area contributed by atoms with Gasteiger partial charge in [0.1, 0.15) is 0 Å². The fourth-order valence-corrected chi connectivity index (χ4v) is 2.90. The molecule has 1 heterocycles. The van der Waals surface area contributed by atoms with Gasteiger partial charge in [-0.15, -0.1) is 11.3 Å². The Morgan fingerprint density at radius 3 is 2.57 bits per heavy atom. The molecule has 0 saturated heterocycles. The van der Waals surface area contributed by atoms with Gasteiger partial charge in [0.15, 0.2) is 0 Å². The Morgan fingerprint density at radius 2 is 2.00 bits per heavy atom. The van der Waals surface area contributed by atoms with Gasteiger partial charge >= 0.3 is 0 Å². The molecule has 0 radical (unpaired) electrons. The van der Waals surface area contributed by atoms with Crippen LogP contribution in [0.2, 0.25) is 4.34 Å². The number of amides is 2. The number of carbonyl (C=O) groups excluding carboxylic acids is 2. The van der Waals surface area contributed by atoms with E-state index in [4.69, 9.17) is 11.6 Å². The average Bonchev–Trinajstić information content (AvgIpc) is 2.81. The molecule has 5 nitrogen and oxygen atoms in total. The van der Waals surface area contributed by atoms with Crippen LogP contribution in [0, 0.1) is 0 Å². The molecule has 1 N–H and O–H groups in total. The summed E-state index contributed by atoms with van der Waals surface area (Å²) in [6, 6.07) is 3.80. The number of thiophene rings is 1. The zero-order valence-corrected chi connectivity index (χ0v) is 14.3. The Kier molecular flexibility index (Phi) is 7.71. The summed E-state index contributed by atoms with van der Waals surface area (Å²) in [6.45, 7) is 3.66. The number of hydrogen-bond donors (Lipinski definition) is 1. The summed E-state index contributed by atoms with van der Waals surface area (Å²) >= 11 is 7.39. The molecular formula is C14H22ClN3O2S. The molecule has 0 fully saturated rings. The second kappa shape index (κ2) is 9.02. The molecule has 7 heteroatoms. The van der Waals surface area contributed by atoms with Gasteiger partial charge < -0.3 is 10.2 Å². The normalized spacial score (nSPS) is 10.7. The molecule has 118 valence electrons. The molecule has 0 saturated carbocycles. The second-order valence-electron chi connectivity index (χ2n) is 4.98. The van der Waals surface area contributed by atoms with Crippen LogP contribution in [-0.2, 0) is 16.1 Å². The summed E-state index contributed by atoms with van der Waals surface area (Å²) in [5.74, 6) is -0.202. The second-order valence-corrected chi connectivity index (χ2v) is 6.78. The van der Waals surface area contributed by atoms with Gasteiger partial charge in [-0.25, -0.2) is 0 Å². The van der Waals surface area contributed by atoms with Gasteiger partial charge in [-0.2, -0.15) is 0 Å². The van der Waals surface area contributed by atoms with Crippen molar-refractivity contribution in [1.82, 2.24) is 15.1 Å². The smallest absolute Gasteiger partial charge is 0.239 e. The molecule has 0 spiro atoms. The van der Waals surface area contributed by atoms with Crippen molar-refractivity contribution in [3.63, 3.8) is 0 Å². The first-order valence-corrected chi connectivity index (χ1v) is 8.05. The van der Waals surface area contributed by atoms with E-state index in [1.807, 2.05) is 31.0 Å². The standard InChI is InChI=1S/C14H22ClN3O2S/c1-4-7-16-13(19)9-18(3)14(20)10-17(2)8-11-5-6-12(15)21-11/h5-6H,4,7-10H2,1-3H3,(H,16,19). The topological polar surface area (TPSA) is 52.7 Å². The molecule has 2 amide bonds. The summed E-state index contributed by atoms with van der Waals surface area (Å²) in [6.07, 6.45) is 0.884. The van der Waals surface area contributed by atoms with E-state index in [1.54, 1.807) is 7.05 Å². The highest BCUT2D eigenvalue weighted by atomic mass is 35.5. The SMILES string of the molecule is CCCNC(=O)CN(C)C(=O)CN(C)Cc1ccc(Cl)s1. The summed E-state index contributed by atoms with van der Waals surface area (Å²) < 4.78 is 0.745. The molecule has 21 heavy (non-hydrogen) atoms. The lowest BCUT2D eigenvalue weighted by Crippen LogP contribution is -2.42. The van der Waals surface area contributed by atoms with Crippen molar-refractivity contribution < 1.29 is 9.59 Å². The Morgan fingerprint density at radius 1 is 1.29 bits per heavy atom. The third kappa shape index (κ3) is 6.93. The lowest BCUT2D eigenvalue weighted by atomic mass is 10.4. The molecule has 0 bridgehead atoms. The fourth-order valence-electron chi connectivity index (χ4n) is 1.73. The number of nitrogens with one attached hydrogen (secondary N) is 1. The Bertz CT molecular complexity index is 479. The first-order valence-electron chi connectivity index (χ1n) is 6.85. The van der Waals surface area contributed by atoms with E-state index in [1.165, 1.54) is 16.2 Å². The largest absolute Gasteiger partial charge is 0.355 e. The van der Waals surface area contributed by atoms with Crippen LogP contribution >= 0.6 is 22.9 Å². The Balaban J connectivity index is 2.35. The first kappa shape index (κ1) is 17.9. The Labute approximate surface area is 134 Å². The molecule has 0 aliphatic heterocycles. The quantitative estimate of drug-likeness (QED) is 0.790. The molecule has 1 aromatic rings. The molecule has 0 unspecified atom stereocenters. The number of nitrogens with zero attached hydrogens (tertiary/aromatic N) is 2. The van der Waals surface area contributed by atoms with E-state index in [-0.39, 0.29) is 24.9 Å². The molecule has 0 atom stereocenters. The highest BCUT2D eigenvalue weighted by Gasteiger charge is 2.15. The molecule has 0 aliphatic carbocycles. The van der Waals surface area contributed by atoms with E-state index in [2.05, 4.69) is 5.32 Å². The maximum atomic E-state index is 12.0. The van der Waals surface area contributed by atoms with Crippen molar-refractivity contribution >= 4 is 34.8 Å². The molecule has 1 aromatic heterocycles. The van der Waals surface area contributed by atoms with Crippen LogP contribution in [0.3, 0.4) is 0 Å². The summed E-state index contributed by atoms with van der Waals surface area (Å²) in [5, 5.41) is 2.75. The summed E-state index contributed by atoms with van der Waals surface area (Å²) in [7, 11) is 3.51. The van der Waals surface area contributed by atoms with Gasteiger partial charge in [-0.05, 0) is 25.6 Å². The van der Waals surface area contributed by atoms with Gasteiger partial charge in [0.05, 0.1) is 17.4 Å². The maximum absolute atomic E-state index is 12.0. The van der Waals surface area contributed by atoms with Crippen LogP contribution in [0.5, 0.6) is 0 Å². The number of likely N-dealkylation sites (N-methyl/N-ethyl adjacent to an activating group) is 2. The van der Waals surface area contributed by atoms with Gasteiger partial charge in [0.2, 0.25) is 11.8 Å². The van der Waals surface area contributed by atoms with Crippen LogP contribution in [0.4, 0.5) is 0 Å². The first-order chi connectivity index (χ1) is 9.92. The molecule has 0 aromatic carbocycles. The van der Waals surface area contributed by atoms with E-state index >= 15 is 0 Å². The summed E-state index contributed by atoms with van der Waals surface area (Å²) in [5.41, 5.74) is 0. The van der Waals surface area contributed by atoms with E-state index in [0.29, 0.717) is 13.1 Å². The third-order valence-corrected chi connectivity index (χ3v) is 4.05. The predicted molar refractivity (Wildman–Crippen MR) is 86.6 cm³/mol. The van der Waals surface area contributed by atoms with E-state index < -0.39 is 0 Å². The van der Waals surface area contributed by atoms with Gasteiger partial charge in [0.25, 0.3) is 0 Å². The lowest BCUT2D eigenvalue weighted by molar-refractivity contribution is -0.135. The van der Waals surface area contributed by atoms with Crippen LogP contribution < -0.4 is 5.32 Å². The van der Waals surface area contributed by atoms with Crippen LogP contribution in [-0.4, -0.2) is 55.3 Å². The van der Waals surface area contributed by atoms with Gasteiger partial charge in [0, 0.05) is 25.0 Å². The zero-order chi connectivity index (χ0) is 15.8. The highest BCUT2D eigenvalue weighted by molar-refractivity contribution is 7.16. The minimum Gasteiger partial charge on any atom is -0.355 e. The van der Waals surface area contributed by atoms with Crippen molar-refractivity contribution in [2.45, 2.75) is 19.9 Å². The van der Waals surface area contributed by atoms with Crippen LogP contribution in [0.25, 0.3) is 0 Å². The Hall–Kier alpha value is -1.11. The molecular weight excluding hydrogens is 310 g/mol. The van der Waals surface area contributed by atoms with Crippen molar-refractivity contribution in [2.75, 3.05) is 33.7 Å². The van der Waals surface area contributed by atoms with Crippen LogP contribution in [0.1, 0.15) is 18.2 Å². The van der Waals surface area contributed by atoms with Crippen molar-refractivity contribution in [3.8, 4) is 0 Å². The number of rotatable bonds is 8. The van der Waals surface area contributed by atoms with E-state index in [9.17, 15) is 9.59 Å². The monoisotopic (exact) mass is 331 g/mol. The van der Waals surface area contributed by atoms with Gasteiger partial charge in [-0.3, -0.25) is 14.5 Å².